The van der Waals surface area contributed by atoms with Gasteiger partial charge in [-0.25, -0.2) is 0 Å². The summed E-state index contributed by atoms with van der Waals surface area (Å²) in [6.45, 7) is 1.74. The van der Waals surface area contributed by atoms with E-state index in [0.29, 0.717) is 5.02 Å². The van der Waals surface area contributed by atoms with Crippen molar-refractivity contribution >= 4 is 11.6 Å². The van der Waals surface area contributed by atoms with Crippen LogP contribution >= 0.6 is 11.6 Å². The van der Waals surface area contributed by atoms with Crippen LogP contribution in [0.1, 0.15) is 23.7 Å². The van der Waals surface area contributed by atoms with Crippen molar-refractivity contribution in [3.63, 3.8) is 0 Å². The molecule has 1 nitrogen and oxygen atoms in total. The van der Waals surface area contributed by atoms with Crippen LogP contribution in [-0.2, 0) is 0 Å². The van der Waals surface area contributed by atoms with Crippen LogP contribution in [0.15, 0.2) is 18.2 Å². The van der Waals surface area contributed by atoms with Crippen LogP contribution in [0.3, 0.4) is 0 Å². The fourth-order valence-electron chi connectivity index (χ4n) is 1.15. The standard InChI is InChI=1S/C10H10ClF3O/c1-6-2-3-7(4-8(6)11)9(15)5-10(12,13)14/h2-4,9,15H,5H2,1H3. The molecule has 0 amide bonds. The topological polar surface area (TPSA) is 20.2 Å². The first-order chi connectivity index (χ1) is 6.79. The predicted molar refractivity (Wildman–Crippen MR) is 51.8 cm³/mol. The number of aryl methyl sites for hydroxylation is 1. The lowest BCUT2D eigenvalue weighted by Crippen LogP contribution is -2.13. The van der Waals surface area contributed by atoms with E-state index in [1.54, 1.807) is 13.0 Å². The van der Waals surface area contributed by atoms with E-state index in [0.717, 1.165) is 5.56 Å². The molecule has 0 bridgehead atoms. The van der Waals surface area contributed by atoms with Gasteiger partial charge in [0.1, 0.15) is 0 Å². The van der Waals surface area contributed by atoms with E-state index in [4.69, 9.17) is 11.6 Å². The van der Waals surface area contributed by atoms with Crippen LogP contribution in [0.2, 0.25) is 5.02 Å². The van der Waals surface area contributed by atoms with Crippen molar-refractivity contribution < 1.29 is 18.3 Å². The van der Waals surface area contributed by atoms with Gasteiger partial charge in [0.25, 0.3) is 0 Å². The van der Waals surface area contributed by atoms with Gasteiger partial charge in [-0.15, -0.1) is 0 Å². The van der Waals surface area contributed by atoms with Crippen LogP contribution in [0, 0.1) is 6.92 Å². The lowest BCUT2D eigenvalue weighted by atomic mass is 10.0. The molecule has 0 heterocycles. The summed E-state index contributed by atoms with van der Waals surface area (Å²) in [6, 6.07) is 4.38. The lowest BCUT2D eigenvalue weighted by molar-refractivity contribution is -0.154. The van der Waals surface area contributed by atoms with Crippen molar-refractivity contribution in [1.82, 2.24) is 0 Å². The molecule has 0 aliphatic rings. The summed E-state index contributed by atoms with van der Waals surface area (Å²) in [4.78, 5) is 0. The highest BCUT2D eigenvalue weighted by Gasteiger charge is 2.31. The molecule has 1 rings (SSSR count). The average Bonchev–Trinajstić information content (AvgIpc) is 2.06. The second kappa shape index (κ2) is 4.41. The van der Waals surface area contributed by atoms with Crippen molar-refractivity contribution in [3.05, 3.63) is 34.3 Å². The third kappa shape index (κ3) is 3.72. The molecule has 1 aromatic carbocycles. The van der Waals surface area contributed by atoms with Gasteiger partial charge in [-0.2, -0.15) is 13.2 Å². The normalized spacial score (nSPS) is 14.0. The molecule has 0 saturated heterocycles. The quantitative estimate of drug-likeness (QED) is 0.834. The number of hydrogen-bond acceptors (Lipinski definition) is 1. The Kier molecular flexibility index (Phi) is 3.62. The van der Waals surface area contributed by atoms with Gasteiger partial charge in [-0.3, -0.25) is 0 Å². The Morgan fingerprint density at radius 3 is 2.47 bits per heavy atom. The molecular formula is C10H10ClF3O. The average molecular weight is 239 g/mol. The van der Waals surface area contributed by atoms with Crippen LogP contribution in [0.4, 0.5) is 13.2 Å². The molecule has 1 unspecified atom stereocenters. The van der Waals surface area contributed by atoms with Crippen molar-refractivity contribution in [2.75, 3.05) is 0 Å². The van der Waals surface area contributed by atoms with Crippen LogP contribution in [0.25, 0.3) is 0 Å². The van der Waals surface area contributed by atoms with Crippen LogP contribution in [-0.4, -0.2) is 11.3 Å². The molecule has 1 atom stereocenters. The highest BCUT2D eigenvalue weighted by Crippen LogP contribution is 2.30. The van der Waals surface area contributed by atoms with E-state index in [1.807, 2.05) is 0 Å². The SMILES string of the molecule is Cc1ccc(C(O)CC(F)(F)F)cc1Cl. The predicted octanol–water partition coefficient (Wildman–Crippen LogP) is 3.63. The molecule has 0 saturated carbocycles. The second-order valence-electron chi connectivity index (χ2n) is 3.34. The van der Waals surface area contributed by atoms with E-state index >= 15 is 0 Å². The van der Waals surface area contributed by atoms with E-state index in [2.05, 4.69) is 0 Å². The van der Waals surface area contributed by atoms with E-state index in [-0.39, 0.29) is 5.56 Å². The maximum atomic E-state index is 12.0. The largest absolute Gasteiger partial charge is 0.391 e. The first-order valence-electron chi connectivity index (χ1n) is 4.30. The Labute approximate surface area is 90.5 Å². The van der Waals surface area contributed by atoms with Gasteiger partial charge in [-0.1, -0.05) is 23.7 Å². The van der Waals surface area contributed by atoms with E-state index < -0.39 is 18.7 Å². The van der Waals surface area contributed by atoms with Gasteiger partial charge in [0.2, 0.25) is 0 Å². The molecule has 5 heteroatoms. The Balaban J connectivity index is 2.83. The van der Waals surface area contributed by atoms with Crippen LogP contribution < -0.4 is 0 Å². The Bertz CT molecular complexity index is 349. The van der Waals surface area contributed by atoms with Crippen LogP contribution in [0.5, 0.6) is 0 Å². The zero-order valence-corrected chi connectivity index (χ0v) is 8.73. The van der Waals surface area contributed by atoms with Crippen molar-refractivity contribution in [1.29, 1.82) is 0 Å². The summed E-state index contributed by atoms with van der Waals surface area (Å²) in [5.41, 5.74) is 0.947. The number of hydrogen-bond donors (Lipinski definition) is 1. The molecule has 0 spiro atoms. The Morgan fingerprint density at radius 1 is 1.40 bits per heavy atom. The van der Waals surface area contributed by atoms with Gasteiger partial charge >= 0.3 is 6.18 Å². The minimum Gasteiger partial charge on any atom is -0.388 e. The summed E-state index contributed by atoms with van der Waals surface area (Å²) in [5, 5.41) is 9.65. The van der Waals surface area contributed by atoms with Gasteiger partial charge in [-0.05, 0) is 24.1 Å². The Morgan fingerprint density at radius 2 is 2.00 bits per heavy atom. The van der Waals surface area contributed by atoms with Gasteiger partial charge < -0.3 is 5.11 Å². The van der Waals surface area contributed by atoms with Crippen molar-refractivity contribution in [2.24, 2.45) is 0 Å². The number of aliphatic hydroxyl groups is 1. The number of benzene rings is 1. The number of halogens is 4. The molecule has 84 valence electrons. The third-order valence-electron chi connectivity index (χ3n) is 2.01. The zero-order valence-electron chi connectivity index (χ0n) is 7.98. The van der Waals surface area contributed by atoms with Gasteiger partial charge in [0.05, 0.1) is 12.5 Å². The summed E-state index contributed by atoms with van der Waals surface area (Å²) in [5.74, 6) is 0. The molecular weight excluding hydrogens is 229 g/mol. The number of alkyl halides is 3. The van der Waals surface area contributed by atoms with Crippen molar-refractivity contribution in [3.8, 4) is 0 Å². The fraction of sp³-hybridized carbons (Fsp3) is 0.400. The molecule has 1 N–H and O–H groups in total. The smallest absolute Gasteiger partial charge is 0.388 e. The number of aliphatic hydroxyl groups excluding tert-OH is 1. The molecule has 0 aromatic heterocycles. The zero-order chi connectivity index (χ0) is 11.6. The maximum absolute atomic E-state index is 12.0. The molecule has 0 aliphatic heterocycles. The molecule has 0 fully saturated rings. The summed E-state index contributed by atoms with van der Waals surface area (Å²) in [7, 11) is 0. The second-order valence-corrected chi connectivity index (χ2v) is 3.75. The highest BCUT2D eigenvalue weighted by molar-refractivity contribution is 6.31. The molecule has 15 heavy (non-hydrogen) atoms. The van der Waals surface area contributed by atoms with E-state index in [1.165, 1.54) is 12.1 Å². The minimum absolute atomic E-state index is 0.183. The summed E-state index contributed by atoms with van der Waals surface area (Å²) < 4.78 is 35.9. The summed E-state index contributed by atoms with van der Waals surface area (Å²) in [6.07, 6.45) is -7.19. The Hall–Kier alpha value is -0.740. The molecule has 0 radical (unpaired) electrons. The fourth-order valence-corrected chi connectivity index (χ4v) is 1.34. The first-order valence-corrected chi connectivity index (χ1v) is 4.68. The lowest BCUT2D eigenvalue weighted by Gasteiger charge is -2.14. The minimum atomic E-state index is -4.38. The number of rotatable bonds is 2. The summed E-state index contributed by atoms with van der Waals surface area (Å²) >= 11 is 5.74. The van der Waals surface area contributed by atoms with Crippen molar-refractivity contribution in [2.45, 2.75) is 25.6 Å². The van der Waals surface area contributed by atoms with Gasteiger partial charge in [0, 0.05) is 5.02 Å². The maximum Gasteiger partial charge on any atom is 0.391 e. The first kappa shape index (κ1) is 12.3. The highest BCUT2D eigenvalue weighted by atomic mass is 35.5. The molecule has 0 aliphatic carbocycles. The van der Waals surface area contributed by atoms with Gasteiger partial charge in [0.15, 0.2) is 0 Å². The van der Waals surface area contributed by atoms with E-state index in [9.17, 15) is 18.3 Å². The monoisotopic (exact) mass is 238 g/mol. The third-order valence-corrected chi connectivity index (χ3v) is 2.41. The molecule has 1 aromatic rings.